The van der Waals surface area contributed by atoms with Crippen LogP contribution in [0.3, 0.4) is 0 Å². The van der Waals surface area contributed by atoms with Crippen LogP contribution in [0, 0.1) is 11.7 Å². The maximum absolute atomic E-state index is 12.8. The Morgan fingerprint density at radius 3 is 2.80 bits per heavy atom. The Bertz CT molecular complexity index is 1210. The molecular formula is C22H23N3O4S. The molecular weight excluding hydrogens is 402 g/mol. The van der Waals surface area contributed by atoms with Crippen molar-refractivity contribution in [3.05, 3.63) is 75.3 Å². The number of ether oxygens (including phenoxy) is 2. The molecule has 0 bridgehead atoms. The number of carbonyl (C=O) groups is 1. The molecule has 0 aliphatic heterocycles. The van der Waals surface area contributed by atoms with Crippen LogP contribution < -0.4 is 15.6 Å². The van der Waals surface area contributed by atoms with E-state index >= 15 is 0 Å². The number of nitrogens with zero attached hydrogens (tertiary/aromatic N) is 1. The van der Waals surface area contributed by atoms with Gasteiger partial charge in [-0.15, -0.1) is 6.58 Å². The molecule has 3 rings (SSSR count). The first-order valence-corrected chi connectivity index (χ1v) is 9.77. The number of hydrogen-bond donors (Lipinski definition) is 2. The van der Waals surface area contributed by atoms with Crippen LogP contribution in [0.1, 0.15) is 15.9 Å². The van der Waals surface area contributed by atoms with E-state index in [0.29, 0.717) is 47.7 Å². The number of carbonyl (C=O) groups excluding carboxylic acids is 1. The number of aromatic amines is 1. The summed E-state index contributed by atoms with van der Waals surface area (Å²) in [6.45, 7) is 6.70. The lowest BCUT2D eigenvalue weighted by Gasteiger charge is -2.13. The molecule has 156 valence electrons. The van der Waals surface area contributed by atoms with Gasteiger partial charge in [-0.05, 0) is 55.0 Å². The molecule has 2 aromatic carbocycles. The monoisotopic (exact) mass is 425 g/mol. The third-order valence-corrected chi connectivity index (χ3v) is 4.81. The lowest BCUT2D eigenvalue weighted by molar-refractivity contribution is 0.102. The highest BCUT2D eigenvalue weighted by Crippen LogP contribution is 2.26. The zero-order chi connectivity index (χ0) is 21.7. The van der Waals surface area contributed by atoms with E-state index in [4.69, 9.17) is 21.7 Å². The van der Waals surface area contributed by atoms with Crippen LogP contribution in [0.15, 0.2) is 53.8 Å². The Balaban J connectivity index is 1.91. The number of anilines is 1. The van der Waals surface area contributed by atoms with E-state index in [9.17, 15) is 9.59 Å². The average Bonchev–Trinajstić information content (AvgIpc) is 2.72. The number of allylic oxidation sites excluding steroid dienone is 1. The van der Waals surface area contributed by atoms with Gasteiger partial charge in [-0.25, -0.2) is 0 Å². The molecule has 0 radical (unpaired) electrons. The van der Waals surface area contributed by atoms with E-state index in [1.807, 2.05) is 19.1 Å². The Morgan fingerprint density at radius 1 is 1.27 bits per heavy atom. The summed E-state index contributed by atoms with van der Waals surface area (Å²) in [5.41, 5.74) is 2.22. The number of H-pyrrole nitrogens is 1. The second-order valence-corrected chi connectivity index (χ2v) is 7.08. The van der Waals surface area contributed by atoms with Gasteiger partial charge in [0.2, 0.25) is 0 Å². The van der Waals surface area contributed by atoms with Crippen LogP contribution in [0.5, 0.6) is 5.75 Å². The highest BCUT2D eigenvalue weighted by Gasteiger charge is 2.13. The zero-order valence-corrected chi connectivity index (χ0v) is 17.7. The molecule has 0 aliphatic carbocycles. The first-order valence-electron chi connectivity index (χ1n) is 9.36. The highest BCUT2D eigenvalue weighted by atomic mass is 32.1. The second-order valence-electron chi connectivity index (χ2n) is 6.69. The van der Waals surface area contributed by atoms with Crippen LogP contribution in [-0.4, -0.2) is 35.8 Å². The maximum atomic E-state index is 12.8. The number of amides is 1. The fraction of sp³-hybridized carbons (Fsp3) is 0.227. The fourth-order valence-electron chi connectivity index (χ4n) is 2.97. The average molecular weight is 426 g/mol. The van der Waals surface area contributed by atoms with Crippen molar-refractivity contribution < 1.29 is 14.3 Å². The number of fused-ring (bicyclic) bond motifs is 1. The number of nitrogens with one attached hydrogen (secondary N) is 2. The van der Waals surface area contributed by atoms with Gasteiger partial charge in [0.05, 0.1) is 23.2 Å². The maximum Gasteiger partial charge on any atom is 0.262 e. The Labute approximate surface area is 179 Å². The molecule has 0 saturated heterocycles. The Hall–Kier alpha value is -3.23. The van der Waals surface area contributed by atoms with Gasteiger partial charge in [-0.2, -0.15) is 0 Å². The Morgan fingerprint density at radius 2 is 2.07 bits per heavy atom. The largest absolute Gasteiger partial charge is 0.489 e. The molecule has 0 aliphatic rings. The topological polar surface area (TPSA) is 85.3 Å². The third kappa shape index (κ3) is 4.67. The van der Waals surface area contributed by atoms with Crippen molar-refractivity contribution in [2.75, 3.05) is 25.6 Å². The first-order chi connectivity index (χ1) is 14.4. The molecule has 30 heavy (non-hydrogen) atoms. The van der Waals surface area contributed by atoms with Crippen molar-refractivity contribution in [2.45, 2.75) is 13.5 Å². The summed E-state index contributed by atoms with van der Waals surface area (Å²) in [6.07, 6.45) is 1.60. The summed E-state index contributed by atoms with van der Waals surface area (Å²) in [7, 11) is 1.60. The van der Waals surface area contributed by atoms with E-state index in [2.05, 4.69) is 16.9 Å². The van der Waals surface area contributed by atoms with Crippen molar-refractivity contribution in [2.24, 2.45) is 0 Å². The molecule has 7 nitrogen and oxygen atoms in total. The minimum atomic E-state index is -0.327. The molecule has 1 heterocycles. The van der Waals surface area contributed by atoms with Crippen LogP contribution >= 0.6 is 12.2 Å². The molecule has 2 N–H and O–H groups in total. The molecule has 0 atom stereocenters. The van der Waals surface area contributed by atoms with E-state index in [1.54, 1.807) is 37.5 Å². The quantitative estimate of drug-likeness (QED) is 0.325. The summed E-state index contributed by atoms with van der Waals surface area (Å²) in [4.78, 5) is 28.5. The van der Waals surface area contributed by atoms with Gasteiger partial charge in [0.1, 0.15) is 12.4 Å². The van der Waals surface area contributed by atoms with Crippen molar-refractivity contribution in [3.63, 3.8) is 0 Å². The molecule has 0 fully saturated rings. The molecule has 0 spiro atoms. The molecule has 0 unspecified atom stereocenters. The smallest absolute Gasteiger partial charge is 0.262 e. The molecule has 0 saturated carbocycles. The van der Waals surface area contributed by atoms with E-state index in [0.717, 1.165) is 5.56 Å². The zero-order valence-electron chi connectivity index (χ0n) is 16.9. The fourth-order valence-corrected chi connectivity index (χ4v) is 3.24. The number of aryl methyl sites for hydroxylation is 1. The third-order valence-electron chi connectivity index (χ3n) is 4.49. The minimum Gasteiger partial charge on any atom is -0.489 e. The van der Waals surface area contributed by atoms with Crippen LogP contribution in [-0.2, 0) is 11.3 Å². The van der Waals surface area contributed by atoms with E-state index in [1.165, 1.54) is 4.57 Å². The number of aromatic nitrogens is 2. The van der Waals surface area contributed by atoms with Gasteiger partial charge >= 0.3 is 0 Å². The summed E-state index contributed by atoms with van der Waals surface area (Å²) in [6, 6.07) is 10.4. The standard InChI is InChI=1S/C22H23N3O4S/c1-4-9-25-21(27)16-7-6-15(13-18(16)24-22(25)30)20(26)23-17-8-5-14(2)12-19(17)29-11-10-28-3/h4-8,12-13H,1,9-11H2,2-3H3,(H,23,26)(H,24,30). The van der Waals surface area contributed by atoms with Crippen LogP contribution in [0.4, 0.5) is 5.69 Å². The van der Waals surface area contributed by atoms with Gasteiger partial charge < -0.3 is 19.8 Å². The first kappa shape index (κ1) is 21.5. The van der Waals surface area contributed by atoms with Gasteiger partial charge in [-0.1, -0.05) is 12.1 Å². The number of hydrogen-bond acceptors (Lipinski definition) is 5. The molecule has 1 aromatic heterocycles. The van der Waals surface area contributed by atoms with E-state index in [-0.39, 0.29) is 16.2 Å². The lowest BCUT2D eigenvalue weighted by Crippen LogP contribution is -2.22. The van der Waals surface area contributed by atoms with Gasteiger partial charge in [-0.3, -0.25) is 14.2 Å². The van der Waals surface area contributed by atoms with Crippen molar-refractivity contribution in [3.8, 4) is 5.75 Å². The van der Waals surface area contributed by atoms with Gasteiger partial charge in [0.15, 0.2) is 4.77 Å². The van der Waals surface area contributed by atoms with Gasteiger partial charge in [0, 0.05) is 19.2 Å². The molecule has 1 amide bonds. The molecule has 3 aromatic rings. The normalized spacial score (nSPS) is 10.7. The lowest BCUT2D eigenvalue weighted by atomic mass is 10.1. The van der Waals surface area contributed by atoms with Crippen molar-refractivity contribution >= 4 is 34.7 Å². The highest BCUT2D eigenvalue weighted by molar-refractivity contribution is 7.71. The summed E-state index contributed by atoms with van der Waals surface area (Å²) >= 11 is 5.26. The number of benzene rings is 2. The predicted octanol–water partition coefficient (Wildman–Crippen LogP) is 3.83. The minimum absolute atomic E-state index is 0.229. The van der Waals surface area contributed by atoms with Crippen molar-refractivity contribution in [1.82, 2.24) is 9.55 Å². The van der Waals surface area contributed by atoms with E-state index < -0.39 is 0 Å². The summed E-state index contributed by atoms with van der Waals surface area (Å²) < 4.78 is 12.4. The Kier molecular flexibility index (Phi) is 6.81. The molecule has 8 heteroatoms. The van der Waals surface area contributed by atoms with Crippen molar-refractivity contribution in [1.29, 1.82) is 0 Å². The summed E-state index contributed by atoms with van der Waals surface area (Å²) in [5, 5.41) is 3.31. The van der Waals surface area contributed by atoms with Crippen LogP contribution in [0.2, 0.25) is 0 Å². The predicted molar refractivity (Wildman–Crippen MR) is 120 cm³/mol. The van der Waals surface area contributed by atoms with Gasteiger partial charge in [0.25, 0.3) is 11.5 Å². The second kappa shape index (κ2) is 9.51. The number of rotatable bonds is 8. The van der Waals surface area contributed by atoms with Crippen LogP contribution in [0.25, 0.3) is 10.9 Å². The number of methoxy groups -OCH3 is 1. The summed E-state index contributed by atoms with van der Waals surface area (Å²) in [5.74, 6) is 0.236. The SMILES string of the molecule is C=CCn1c(=S)[nH]c2cc(C(=O)Nc3ccc(C)cc3OCCOC)ccc2c1=O.